The Bertz CT molecular complexity index is 449. The molecular weight excluding hydrogens is 304 g/mol. The van der Waals surface area contributed by atoms with Gasteiger partial charge in [-0.05, 0) is 37.1 Å². The molecule has 5 heteroatoms. The molecule has 1 amide bonds. The van der Waals surface area contributed by atoms with E-state index in [0.29, 0.717) is 5.91 Å². The SMILES string of the molecule is Cl.NC1CCN(C(=O)C2(c3cccs3)CCCCC2)CC1. The number of piperidine rings is 1. The molecule has 1 aliphatic carbocycles. The van der Waals surface area contributed by atoms with Gasteiger partial charge in [0.2, 0.25) is 5.91 Å². The van der Waals surface area contributed by atoms with Crippen molar-refractivity contribution in [2.45, 2.75) is 56.4 Å². The Morgan fingerprint density at radius 2 is 1.90 bits per heavy atom. The predicted molar refractivity (Wildman–Crippen MR) is 90.1 cm³/mol. The van der Waals surface area contributed by atoms with Crippen LogP contribution in [-0.2, 0) is 10.2 Å². The average Bonchev–Trinajstić information content (AvgIpc) is 3.03. The lowest BCUT2D eigenvalue weighted by molar-refractivity contribution is -0.139. The number of amides is 1. The second-order valence-electron chi connectivity index (χ2n) is 6.25. The molecule has 2 N–H and O–H groups in total. The van der Waals surface area contributed by atoms with Gasteiger partial charge in [-0.2, -0.15) is 0 Å². The van der Waals surface area contributed by atoms with Crippen molar-refractivity contribution in [3.8, 4) is 0 Å². The molecule has 118 valence electrons. The van der Waals surface area contributed by atoms with Gasteiger partial charge in [-0.15, -0.1) is 23.7 Å². The Morgan fingerprint density at radius 3 is 2.48 bits per heavy atom. The van der Waals surface area contributed by atoms with Crippen LogP contribution in [0.5, 0.6) is 0 Å². The summed E-state index contributed by atoms with van der Waals surface area (Å²) in [6.45, 7) is 1.68. The standard InChI is InChI=1S/C16H24N2OS.ClH/c17-13-6-10-18(11-7-13)15(19)16(8-2-1-3-9-16)14-5-4-12-20-14;/h4-5,12-13H,1-3,6-11,17H2;1H. The van der Waals surface area contributed by atoms with E-state index >= 15 is 0 Å². The molecule has 2 heterocycles. The molecule has 1 aliphatic heterocycles. The molecule has 0 radical (unpaired) electrons. The number of likely N-dealkylation sites (tertiary alicyclic amines) is 1. The number of nitrogens with two attached hydrogens (primary N) is 1. The first kappa shape index (κ1) is 16.8. The Kier molecular flexibility index (Phi) is 5.69. The number of nitrogens with zero attached hydrogens (tertiary/aromatic N) is 1. The summed E-state index contributed by atoms with van der Waals surface area (Å²) < 4.78 is 0. The molecule has 2 aliphatic rings. The normalized spacial score (nSPS) is 22.6. The maximum atomic E-state index is 13.2. The van der Waals surface area contributed by atoms with Crippen molar-refractivity contribution >= 4 is 29.7 Å². The summed E-state index contributed by atoms with van der Waals surface area (Å²) in [5.74, 6) is 0.367. The van der Waals surface area contributed by atoms with Gasteiger partial charge in [-0.3, -0.25) is 4.79 Å². The first-order chi connectivity index (χ1) is 9.72. The fourth-order valence-corrected chi connectivity index (χ4v) is 4.65. The molecule has 1 aromatic heterocycles. The number of hydrogen-bond donors (Lipinski definition) is 1. The van der Waals surface area contributed by atoms with Gasteiger partial charge in [-0.1, -0.05) is 25.3 Å². The first-order valence-corrected chi connectivity index (χ1v) is 8.69. The molecule has 0 bridgehead atoms. The van der Waals surface area contributed by atoms with E-state index in [1.54, 1.807) is 11.3 Å². The molecule has 0 atom stereocenters. The summed E-state index contributed by atoms with van der Waals surface area (Å²) in [5, 5.41) is 2.10. The summed E-state index contributed by atoms with van der Waals surface area (Å²) in [6.07, 6.45) is 7.57. The van der Waals surface area contributed by atoms with Gasteiger partial charge in [0.05, 0.1) is 5.41 Å². The second kappa shape index (κ2) is 7.12. The predicted octanol–water partition coefficient (Wildman–Crippen LogP) is 3.32. The largest absolute Gasteiger partial charge is 0.342 e. The van der Waals surface area contributed by atoms with E-state index in [1.165, 1.54) is 24.1 Å². The maximum Gasteiger partial charge on any atom is 0.234 e. The molecule has 0 unspecified atom stereocenters. The van der Waals surface area contributed by atoms with E-state index in [4.69, 9.17) is 5.73 Å². The van der Waals surface area contributed by atoms with Crippen LogP contribution >= 0.6 is 23.7 Å². The van der Waals surface area contributed by atoms with Crippen LogP contribution in [0.3, 0.4) is 0 Å². The van der Waals surface area contributed by atoms with Crippen LogP contribution in [0.25, 0.3) is 0 Å². The Labute approximate surface area is 137 Å². The van der Waals surface area contributed by atoms with Crippen LogP contribution in [0.1, 0.15) is 49.8 Å². The third-order valence-corrected chi connectivity index (χ3v) is 6.01. The zero-order valence-corrected chi connectivity index (χ0v) is 14.1. The Balaban J connectivity index is 0.00000161. The zero-order valence-electron chi connectivity index (χ0n) is 12.4. The molecule has 3 nitrogen and oxygen atoms in total. The number of thiophene rings is 1. The highest BCUT2D eigenvalue weighted by molar-refractivity contribution is 7.10. The van der Waals surface area contributed by atoms with Gasteiger partial charge in [0.25, 0.3) is 0 Å². The molecule has 3 rings (SSSR count). The number of carbonyl (C=O) groups excluding carboxylic acids is 1. The van der Waals surface area contributed by atoms with Gasteiger partial charge >= 0.3 is 0 Å². The third-order valence-electron chi connectivity index (χ3n) is 4.94. The molecule has 1 saturated heterocycles. The van der Waals surface area contributed by atoms with Crippen molar-refractivity contribution in [2.24, 2.45) is 5.73 Å². The highest BCUT2D eigenvalue weighted by atomic mass is 35.5. The second-order valence-corrected chi connectivity index (χ2v) is 7.20. The van der Waals surface area contributed by atoms with Crippen LogP contribution in [0.4, 0.5) is 0 Å². The number of hydrogen-bond acceptors (Lipinski definition) is 3. The molecular formula is C16H25ClN2OS. The van der Waals surface area contributed by atoms with Crippen LogP contribution in [0.15, 0.2) is 17.5 Å². The van der Waals surface area contributed by atoms with E-state index in [1.807, 2.05) is 0 Å². The molecule has 1 saturated carbocycles. The third kappa shape index (κ3) is 3.27. The minimum absolute atomic E-state index is 0. The smallest absolute Gasteiger partial charge is 0.234 e. The zero-order chi connectivity index (χ0) is 14.0. The minimum Gasteiger partial charge on any atom is -0.342 e. The Morgan fingerprint density at radius 1 is 1.24 bits per heavy atom. The van der Waals surface area contributed by atoms with Crippen LogP contribution in [0, 0.1) is 0 Å². The summed E-state index contributed by atoms with van der Waals surface area (Å²) in [5.41, 5.74) is 5.74. The van der Waals surface area contributed by atoms with Crippen molar-refractivity contribution in [1.29, 1.82) is 0 Å². The Hall–Kier alpha value is -0.580. The quantitative estimate of drug-likeness (QED) is 0.905. The van der Waals surface area contributed by atoms with Crippen LogP contribution in [-0.4, -0.2) is 29.9 Å². The molecule has 0 spiro atoms. The first-order valence-electron chi connectivity index (χ1n) is 7.81. The summed E-state index contributed by atoms with van der Waals surface area (Å²) in [4.78, 5) is 16.5. The minimum atomic E-state index is -0.228. The van der Waals surface area contributed by atoms with Gasteiger partial charge in [0, 0.05) is 24.0 Å². The van der Waals surface area contributed by atoms with Gasteiger partial charge in [0.15, 0.2) is 0 Å². The topological polar surface area (TPSA) is 46.3 Å². The number of rotatable bonds is 2. The van der Waals surface area contributed by atoms with Crippen molar-refractivity contribution in [3.63, 3.8) is 0 Å². The van der Waals surface area contributed by atoms with E-state index < -0.39 is 0 Å². The van der Waals surface area contributed by atoms with Crippen LogP contribution < -0.4 is 5.73 Å². The summed E-state index contributed by atoms with van der Waals surface area (Å²) in [7, 11) is 0. The molecule has 0 aromatic carbocycles. The van der Waals surface area contributed by atoms with Crippen molar-refractivity contribution in [2.75, 3.05) is 13.1 Å². The van der Waals surface area contributed by atoms with E-state index in [0.717, 1.165) is 38.8 Å². The molecule has 1 aromatic rings. The number of halogens is 1. The molecule has 21 heavy (non-hydrogen) atoms. The fraction of sp³-hybridized carbons (Fsp3) is 0.688. The van der Waals surface area contributed by atoms with E-state index in [9.17, 15) is 4.79 Å². The van der Waals surface area contributed by atoms with Crippen molar-refractivity contribution < 1.29 is 4.79 Å². The lowest BCUT2D eigenvalue weighted by Gasteiger charge is -2.41. The van der Waals surface area contributed by atoms with E-state index in [-0.39, 0.29) is 23.9 Å². The van der Waals surface area contributed by atoms with Crippen LogP contribution in [0.2, 0.25) is 0 Å². The summed E-state index contributed by atoms with van der Waals surface area (Å²) in [6, 6.07) is 4.52. The number of carbonyl (C=O) groups is 1. The van der Waals surface area contributed by atoms with Crippen molar-refractivity contribution in [1.82, 2.24) is 4.90 Å². The van der Waals surface area contributed by atoms with Gasteiger partial charge < -0.3 is 10.6 Å². The average molecular weight is 329 g/mol. The highest BCUT2D eigenvalue weighted by Crippen LogP contribution is 2.43. The summed E-state index contributed by atoms with van der Waals surface area (Å²) >= 11 is 1.75. The molecule has 2 fully saturated rings. The van der Waals surface area contributed by atoms with Gasteiger partial charge in [0.1, 0.15) is 0 Å². The van der Waals surface area contributed by atoms with Crippen molar-refractivity contribution in [3.05, 3.63) is 22.4 Å². The monoisotopic (exact) mass is 328 g/mol. The van der Waals surface area contributed by atoms with E-state index in [2.05, 4.69) is 22.4 Å². The lowest BCUT2D eigenvalue weighted by atomic mass is 9.71. The highest BCUT2D eigenvalue weighted by Gasteiger charge is 2.44. The lowest BCUT2D eigenvalue weighted by Crippen LogP contribution is -2.51. The van der Waals surface area contributed by atoms with Gasteiger partial charge in [-0.25, -0.2) is 0 Å². The maximum absolute atomic E-state index is 13.2. The fourth-order valence-electron chi connectivity index (χ4n) is 3.68.